The number of hydrazine groups is 1. The Bertz CT molecular complexity index is 467. The van der Waals surface area contributed by atoms with Crippen molar-refractivity contribution in [2.45, 2.75) is 30.7 Å². The maximum absolute atomic E-state index is 12.1. The molecule has 0 radical (unpaired) electrons. The van der Waals surface area contributed by atoms with Gasteiger partial charge in [0.25, 0.3) is 5.96 Å². The minimum atomic E-state index is -0.816. The molecule has 0 spiro atoms. The normalized spacial score (nSPS) is 18.4. The lowest BCUT2D eigenvalue weighted by molar-refractivity contribution is -0.525. The molecule has 1 heterocycles. The molecule has 22 heavy (non-hydrogen) atoms. The maximum Gasteiger partial charge on any atom is 0.251 e. The van der Waals surface area contributed by atoms with Gasteiger partial charge in [0, 0.05) is 18.8 Å². The predicted molar refractivity (Wildman–Crippen MR) is 81.3 cm³/mol. The number of guanidine groups is 1. The van der Waals surface area contributed by atoms with E-state index in [0.29, 0.717) is 32.4 Å². The Kier molecular flexibility index (Phi) is 7.41. The van der Waals surface area contributed by atoms with Gasteiger partial charge in [-0.1, -0.05) is 5.43 Å². The molecular weight excluding hydrogens is 310 g/mol. The number of hydrogen-bond acceptors (Lipinski definition) is 7. The van der Waals surface area contributed by atoms with Gasteiger partial charge in [-0.25, -0.2) is 10.1 Å². The first-order chi connectivity index (χ1) is 10.5. The lowest BCUT2D eigenvalue weighted by atomic mass is 10.1. The van der Waals surface area contributed by atoms with Crippen LogP contribution in [0.15, 0.2) is 0 Å². The fraction of sp³-hybridized carbons (Fsp3) is 0.727. The summed E-state index contributed by atoms with van der Waals surface area (Å²) < 4.78 is 0. The summed E-state index contributed by atoms with van der Waals surface area (Å²) in [5.41, 5.74) is 7.53. The van der Waals surface area contributed by atoms with Gasteiger partial charge in [-0.2, -0.15) is 5.26 Å². The number of carbonyl (C=O) groups is 1. The number of rotatable bonds is 7. The molecule has 1 rings (SSSR count). The monoisotopic (exact) mass is 329 g/mol. The van der Waals surface area contributed by atoms with Crippen LogP contribution >= 0.6 is 11.8 Å². The highest BCUT2D eigenvalue weighted by Gasteiger charge is 2.31. The minimum absolute atomic E-state index is 0.215. The number of amides is 1. The van der Waals surface area contributed by atoms with Crippen molar-refractivity contribution in [2.75, 3.05) is 18.8 Å². The van der Waals surface area contributed by atoms with E-state index in [9.17, 15) is 14.9 Å². The van der Waals surface area contributed by atoms with Crippen LogP contribution in [-0.4, -0.2) is 52.1 Å². The third-order valence-corrected chi connectivity index (χ3v) is 4.14. The Hall–Kier alpha value is -2.06. The van der Waals surface area contributed by atoms with Gasteiger partial charge in [-0.3, -0.25) is 10.2 Å². The van der Waals surface area contributed by atoms with E-state index in [1.54, 1.807) is 5.43 Å². The Morgan fingerprint density at radius 1 is 1.64 bits per heavy atom. The van der Waals surface area contributed by atoms with E-state index in [2.05, 4.69) is 11.4 Å². The number of hydrogen-bond donors (Lipinski definition) is 4. The molecule has 0 unspecified atom stereocenters. The second kappa shape index (κ2) is 9.06. The topological polar surface area (TPSA) is 161 Å². The first-order valence-corrected chi connectivity index (χ1v) is 7.81. The van der Waals surface area contributed by atoms with Crippen molar-refractivity contribution in [3.63, 3.8) is 0 Å². The van der Waals surface area contributed by atoms with Crippen LogP contribution < -0.4 is 16.5 Å². The van der Waals surface area contributed by atoms with E-state index < -0.39 is 16.4 Å². The second-order valence-corrected chi connectivity index (χ2v) is 5.84. The molecule has 1 fully saturated rings. The predicted octanol–water partition coefficient (Wildman–Crippen LogP) is -0.785. The zero-order valence-electron chi connectivity index (χ0n) is 11.9. The molecule has 1 amide bonds. The van der Waals surface area contributed by atoms with Gasteiger partial charge in [0.15, 0.2) is 10.4 Å². The molecule has 11 heteroatoms. The van der Waals surface area contributed by atoms with Crippen LogP contribution in [0.3, 0.4) is 0 Å². The number of nitriles is 1. The first kappa shape index (κ1) is 18.0. The zero-order valence-corrected chi connectivity index (χ0v) is 12.8. The van der Waals surface area contributed by atoms with Gasteiger partial charge < -0.3 is 16.0 Å². The highest BCUT2D eigenvalue weighted by atomic mass is 32.2. The summed E-state index contributed by atoms with van der Waals surface area (Å²) in [5.74, 6) is 0.148. The molecule has 0 aromatic carbocycles. The molecule has 0 bridgehead atoms. The molecule has 0 aromatic rings. The summed E-state index contributed by atoms with van der Waals surface area (Å²) in [6.45, 7) is 0.918. The van der Waals surface area contributed by atoms with Gasteiger partial charge in [0.05, 0.1) is 12.1 Å². The van der Waals surface area contributed by atoms with E-state index in [-0.39, 0.29) is 11.9 Å². The Labute approximate surface area is 132 Å². The minimum Gasteiger partial charge on any atom is -0.352 e. The fourth-order valence-electron chi connectivity index (χ4n) is 1.97. The van der Waals surface area contributed by atoms with E-state index in [4.69, 9.17) is 16.4 Å². The molecule has 122 valence electrons. The first-order valence-electron chi connectivity index (χ1n) is 6.76. The third kappa shape index (κ3) is 5.74. The molecule has 1 aliphatic rings. The molecule has 1 saturated heterocycles. The average Bonchev–Trinajstić information content (AvgIpc) is 2.93. The van der Waals surface area contributed by atoms with Crippen LogP contribution in [0.1, 0.15) is 19.3 Å². The van der Waals surface area contributed by atoms with Gasteiger partial charge in [-0.15, -0.1) is 11.8 Å². The van der Waals surface area contributed by atoms with E-state index in [0.717, 1.165) is 5.75 Å². The molecule has 10 nitrogen and oxygen atoms in total. The number of nitro groups is 1. The molecule has 0 aliphatic carbocycles. The Morgan fingerprint density at radius 2 is 2.36 bits per heavy atom. The summed E-state index contributed by atoms with van der Waals surface area (Å²) in [6.07, 6.45) is 1.73. The van der Waals surface area contributed by atoms with E-state index >= 15 is 0 Å². The molecule has 0 saturated carbocycles. The number of unbranched alkanes of at least 4 members (excludes halogenated alkanes) is 1. The Balaban J connectivity index is 2.19. The number of nitrogens with two attached hydrogens (primary N) is 1. The van der Waals surface area contributed by atoms with Crippen molar-refractivity contribution < 1.29 is 9.83 Å². The van der Waals surface area contributed by atoms with Gasteiger partial charge in [0.1, 0.15) is 0 Å². The maximum atomic E-state index is 12.1. The smallest absolute Gasteiger partial charge is 0.251 e. The number of carbonyl (C=O) groups excluding carboxylic acids is 1. The standard InChI is InChI=1S/C11H19N7O3S/c12-7-9-17(5-6-22-9)10(19)8(13)3-1-2-4-15-11(14)16-18(20)21/h8-9H,1-6,13H2,(H3,14,15,16)/t8-,9+/m0/s1. The summed E-state index contributed by atoms with van der Waals surface area (Å²) in [5, 5.41) is 27.5. The van der Waals surface area contributed by atoms with Gasteiger partial charge in [-0.05, 0) is 19.3 Å². The van der Waals surface area contributed by atoms with Crippen molar-refractivity contribution in [1.82, 2.24) is 15.6 Å². The van der Waals surface area contributed by atoms with Crippen LogP contribution in [0.4, 0.5) is 0 Å². The van der Waals surface area contributed by atoms with E-state index in [1.165, 1.54) is 16.7 Å². The quantitative estimate of drug-likeness (QED) is 0.155. The molecule has 2 atom stereocenters. The fourth-order valence-corrected chi connectivity index (χ4v) is 2.96. The molecule has 5 N–H and O–H groups in total. The van der Waals surface area contributed by atoms with Crippen LogP contribution in [0.2, 0.25) is 0 Å². The highest BCUT2D eigenvalue weighted by molar-refractivity contribution is 8.00. The van der Waals surface area contributed by atoms with Crippen LogP contribution in [-0.2, 0) is 4.79 Å². The van der Waals surface area contributed by atoms with Gasteiger partial charge in [0.2, 0.25) is 5.91 Å². The number of thioether (sulfide) groups is 1. The zero-order chi connectivity index (χ0) is 16.5. The SMILES string of the molecule is N#C[C@H]1SCCN1C(=O)[C@@H](N)CCCCNC(=N)N[N+](=O)[O-]. The van der Waals surface area contributed by atoms with Crippen molar-refractivity contribution in [3.8, 4) is 6.07 Å². The summed E-state index contributed by atoms with van der Waals surface area (Å²) in [6, 6.07) is 1.42. The average molecular weight is 329 g/mol. The Morgan fingerprint density at radius 3 is 3.00 bits per heavy atom. The number of nitrogens with one attached hydrogen (secondary N) is 3. The molecular formula is C11H19N7O3S. The van der Waals surface area contributed by atoms with Gasteiger partial charge >= 0.3 is 0 Å². The van der Waals surface area contributed by atoms with Crippen molar-refractivity contribution in [3.05, 3.63) is 10.1 Å². The van der Waals surface area contributed by atoms with Crippen molar-refractivity contribution in [2.24, 2.45) is 5.73 Å². The van der Waals surface area contributed by atoms with Crippen LogP contribution in [0, 0.1) is 26.9 Å². The largest absolute Gasteiger partial charge is 0.352 e. The van der Waals surface area contributed by atoms with E-state index in [1.807, 2.05) is 0 Å². The summed E-state index contributed by atoms with van der Waals surface area (Å²) in [4.78, 5) is 23.7. The third-order valence-electron chi connectivity index (χ3n) is 3.05. The lowest BCUT2D eigenvalue weighted by Crippen LogP contribution is -2.45. The van der Waals surface area contributed by atoms with Crippen molar-refractivity contribution >= 4 is 23.6 Å². The lowest BCUT2D eigenvalue weighted by Gasteiger charge is -2.22. The van der Waals surface area contributed by atoms with Crippen molar-refractivity contribution in [1.29, 1.82) is 10.7 Å². The summed E-state index contributed by atoms with van der Waals surface area (Å²) in [7, 11) is 0. The van der Waals surface area contributed by atoms with Crippen LogP contribution in [0.5, 0.6) is 0 Å². The molecule has 0 aromatic heterocycles. The molecule has 1 aliphatic heterocycles. The van der Waals surface area contributed by atoms with Crippen LogP contribution in [0.25, 0.3) is 0 Å². The number of nitrogens with zero attached hydrogens (tertiary/aromatic N) is 3. The highest BCUT2D eigenvalue weighted by Crippen LogP contribution is 2.23. The second-order valence-electron chi connectivity index (χ2n) is 4.66. The summed E-state index contributed by atoms with van der Waals surface area (Å²) >= 11 is 1.43.